The number of fused-ring (bicyclic) bond motifs is 1. The molecule has 2 atom stereocenters. The van der Waals surface area contributed by atoms with Crippen molar-refractivity contribution in [2.24, 2.45) is 0 Å². The van der Waals surface area contributed by atoms with E-state index in [9.17, 15) is 14.5 Å². The number of nitrogens with one attached hydrogen (secondary N) is 2. The lowest BCUT2D eigenvalue weighted by atomic mass is 9.95. The molecule has 2 heterocycles. The van der Waals surface area contributed by atoms with E-state index >= 15 is 0 Å². The molecule has 1 aliphatic heterocycles. The summed E-state index contributed by atoms with van der Waals surface area (Å²) in [6, 6.07) is 30.1. The lowest BCUT2D eigenvalue weighted by molar-refractivity contribution is 0.0690. The molecule has 10 heteroatoms. The number of carboxylic acids is 1. The predicted octanol–water partition coefficient (Wildman–Crippen LogP) is 5.85. The smallest absolute Gasteiger partial charge is 0.354 e. The van der Waals surface area contributed by atoms with Crippen molar-refractivity contribution in [2.45, 2.75) is 76.5 Å². The van der Waals surface area contributed by atoms with Crippen molar-refractivity contribution in [3.63, 3.8) is 0 Å². The number of carboxylic acid groups (broad SMARTS) is 1. The van der Waals surface area contributed by atoms with E-state index in [-0.39, 0.29) is 22.9 Å². The van der Waals surface area contributed by atoms with Crippen LogP contribution in [-0.4, -0.2) is 64.9 Å². The van der Waals surface area contributed by atoms with Gasteiger partial charge in [0.1, 0.15) is 16.6 Å². The molecule has 4 aromatic rings. The Morgan fingerprint density at radius 2 is 1.59 bits per heavy atom. The molecule has 8 nitrogen and oxygen atoms in total. The highest BCUT2D eigenvalue weighted by atomic mass is 32.2. The van der Waals surface area contributed by atoms with Gasteiger partial charge in [-0.3, -0.25) is 10.6 Å². The van der Waals surface area contributed by atoms with Gasteiger partial charge in [-0.05, 0) is 80.5 Å². The average Bonchev–Trinajstić information content (AvgIpc) is 3.47. The molecule has 3 N–H and O–H groups in total. The largest absolute Gasteiger partial charge is 0.597 e. The maximum atomic E-state index is 14.3. The monoisotopic (exact) mass is 722 g/mol. The van der Waals surface area contributed by atoms with Crippen molar-refractivity contribution >= 4 is 36.0 Å². The highest BCUT2D eigenvalue weighted by Crippen LogP contribution is 2.46. The summed E-state index contributed by atoms with van der Waals surface area (Å²) in [7, 11) is 0.824. The fourth-order valence-electron chi connectivity index (χ4n) is 6.95. The molecule has 1 unspecified atom stereocenters. The topological polar surface area (TPSA) is 110 Å². The zero-order valence-electron chi connectivity index (χ0n) is 30.9. The van der Waals surface area contributed by atoms with Crippen molar-refractivity contribution in [1.29, 1.82) is 0 Å². The Labute approximate surface area is 307 Å². The Kier molecular flexibility index (Phi) is 11.9. The molecule has 1 aliphatic rings. The maximum Gasteiger partial charge on any atom is 0.354 e. The van der Waals surface area contributed by atoms with E-state index in [4.69, 9.17) is 9.41 Å². The maximum absolute atomic E-state index is 14.3. The van der Waals surface area contributed by atoms with Crippen LogP contribution in [0.25, 0.3) is 11.3 Å². The SMILES string of the molecule is CNC(C#Cc1cccc(-c2nc(C(=O)O)cc3c2[C@@H](CCO[Si](c2ccccc2)(c2ccccc2)C(C)(C)C)N([S+]([O-])C(C)(C)C)C3)c1)NC. The average molecular weight is 723 g/mol. The molecule has 0 radical (unpaired) electrons. The molecule has 51 heavy (non-hydrogen) atoms. The number of benzene rings is 3. The van der Waals surface area contributed by atoms with Gasteiger partial charge in [-0.1, -0.05) is 105 Å². The minimum Gasteiger partial charge on any atom is -0.597 e. The van der Waals surface area contributed by atoms with Crippen molar-refractivity contribution in [1.82, 2.24) is 19.9 Å². The highest BCUT2D eigenvalue weighted by Gasteiger charge is 2.51. The summed E-state index contributed by atoms with van der Waals surface area (Å²) >= 11 is -1.40. The third kappa shape index (κ3) is 8.16. The predicted molar refractivity (Wildman–Crippen MR) is 210 cm³/mol. The molecular weight excluding hydrogens is 673 g/mol. The molecule has 5 rings (SSSR count). The normalized spacial score (nSPS) is 15.7. The van der Waals surface area contributed by atoms with E-state index in [0.29, 0.717) is 25.3 Å². The van der Waals surface area contributed by atoms with Gasteiger partial charge in [0, 0.05) is 34.7 Å². The van der Waals surface area contributed by atoms with Gasteiger partial charge < -0.3 is 14.1 Å². The summed E-state index contributed by atoms with van der Waals surface area (Å²) in [5.41, 5.74) is 3.75. The second kappa shape index (κ2) is 15.8. The zero-order chi connectivity index (χ0) is 37.0. The molecule has 3 aromatic carbocycles. The van der Waals surface area contributed by atoms with E-state index in [1.54, 1.807) is 6.07 Å². The molecule has 0 saturated heterocycles. The van der Waals surface area contributed by atoms with Crippen molar-refractivity contribution < 1.29 is 18.9 Å². The Morgan fingerprint density at radius 3 is 2.12 bits per heavy atom. The zero-order valence-corrected chi connectivity index (χ0v) is 32.7. The highest BCUT2D eigenvalue weighted by molar-refractivity contribution is 7.90. The first-order valence-corrected chi connectivity index (χ1v) is 20.4. The molecule has 0 aliphatic carbocycles. The Morgan fingerprint density at radius 1 is 0.980 bits per heavy atom. The minimum atomic E-state index is -2.85. The van der Waals surface area contributed by atoms with Gasteiger partial charge in [0.05, 0.1) is 18.3 Å². The lowest BCUT2D eigenvalue weighted by Crippen LogP contribution is -2.66. The van der Waals surface area contributed by atoms with E-state index in [2.05, 4.69) is 91.8 Å². The summed E-state index contributed by atoms with van der Waals surface area (Å²) in [6.07, 6.45) is 0.346. The van der Waals surface area contributed by atoms with Crippen LogP contribution >= 0.6 is 0 Å². The second-order valence-corrected chi connectivity index (χ2v) is 21.3. The van der Waals surface area contributed by atoms with Gasteiger partial charge in [-0.15, -0.1) is 4.31 Å². The molecule has 268 valence electrons. The van der Waals surface area contributed by atoms with Gasteiger partial charge in [-0.2, -0.15) is 0 Å². The van der Waals surface area contributed by atoms with E-state index < -0.39 is 30.4 Å². The fourth-order valence-corrected chi connectivity index (χ4v) is 12.9. The number of pyridine rings is 1. The molecule has 0 amide bonds. The van der Waals surface area contributed by atoms with Gasteiger partial charge in [0.2, 0.25) is 0 Å². The van der Waals surface area contributed by atoms with Crippen LogP contribution < -0.4 is 21.0 Å². The van der Waals surface area contributed by atoms with Gasteiger partial charge in [0.15, 0.2) is 0 Å². The van der Waals surface area contributed by atoms with Crippen molar-refractivity contribution in [3.05, 3.63) is 113 Å². The number of hydrogen-bond donors (Lipinski definition) is 3. The molecule has 0 fully saturated rings. The molecule has 0 spiro atoms. The van der Waals surface area contributed by atoms with Crippen LogP contribution in [0.1, 0.15) is 81.2 Å². The summed E-state index contributed by atoms with van der Waals surface area (Å²) < 4.78 is 23.1. The quantitative estimate of drug-likeness (QED) is 0.0767. The first kappa shape index (κ1) is 38.4. The van der Waals surface area contributed by atoms with E-state index in [0.717, 1.165) is 22.3 Å². The molecule has 1 aromatic heterocycles. The summed E-state index contributed by atoms with van der Waals surface area (Å²) in [5.74, 6) is 5.29. The van der Waals surface area contributed by atoms with Gasteiger partial charge >= 0.3 is 5.97 Å². The van der Waals surface area contributed by atoms with Crippen LogP contribution in [0.2, 0.25) is 5.04 Å². The Hall–Kier alpha value is -3.79. The van der Waals surface area contributed by atoms with E-state index in [1.807, 2.05) is 75.6 Å². The number of rotatable bonds is 11. The first-order chi connectivity index (χ1) is 24.2. The Bertz CT molecular complexity index is 1840. The summed E-state index contributed by atoms with van der Waals surface area (Å²) in [4.78, 5) is 17.2. The third-order valence-corrected chi connectivity index (χ3v) is 16.2. The number of carbonyl (C=O) groups is 1. The summed E-state index contributed by atoms with van der Waals surface area (Å²) in [6.45, 7) is 13.4. The third-order valence-electron chi connectivity index (χ3n) is 9.31. The number of hydrogen-bond acceptors (Lipinski definition) is 7. The fraction of sp³-hybridized carbons (Fsp3) is 0.366. The van der Waals surface area contributed by atoms with Crippen molar-refractivity contribution in [3.8, 4) is 23.1 Å². The standard InChI is InChI=1S/C41H50N4O4SSi/c1-40(2,3)50(48)45-28-31-27-34(39(46)47)44-38(30-17-15-16-29(26-30)22-23-36(42-7)43-8)37(31)35(45)24-25-49-51(41(4,5)6,32-18-11-9-12-19-32)33-20-13-10-14-21-33/h9-21,26-27,35-36,42-43H,24-25,28H2,1-8H3,(H,46,47)/t35-,50?/m1/s1. The molecule has 0 saturated carbocycles. The van der Waals surface area contributed by atoms with E-state index in [1.165, 1.54) is 10.4 Å². The van der Waals surface area contributed by atoms with Crippen LogP contribution in [0.15, 0.2) is 91.0 Å². The number of nitrogens with zero attached hydrogens (tertiary/aromatic N) is 2. The van der Waals surface area contributed by atoms with Gasteiger partial charge in [-0.25, -0.2) is 9.78 Å². The lowest BCUT2D eigenvalue weighted by Gasteiger charge is -2.43. The van der Waals surface area contributed by atoms with Crippen LogP contribution in [0, 0.1) is 11.8 Å². The van der Waals surface area contributed by atoms with Crippen LogP contribution in [-0.2, 0) is 22.3 Å². The van der Waals surface area contributed by atoms with Crippen LogP contribution in [0.4, 0.5) is 0 Å². The van der Waals surface area contributed by atoms with Crippen LogP contribution in [0.3, 0.4) is 0 Å². The first-order valence-electron chi connectivity index (χ1n) is 17.4. The minimum absolute atomic E-state index is 0.0450. The van der Waals surface area contributed by atoms with Gasteiger partial charge in [0.25, 0.3) is 8.32 Å². The Balaban J connectivity index is 1.62. The molecule has 0 bridgehead atoms. The number of aromatic carboxylic acids is 1. The molecular formula is C41H50N4O4SSi. The number of aromatic nitrogens is 1. The van der Waals surface area contributed by atoms with Crippen molar-refractivity contribution in [2.75, 3.05) is 20.7 Å². The van der Waals surface area contributed by atoms with Crippen LogP contribution in [0.5, 0.6) is 0 Å². The summed E-state index contributed by atoms with van der Waals surface area (Å²) in [5, 5.41) is 18.5. The second-order valence-electron chi connectivity index (χ2n) is 14.8.